The molecule has 17 heavy (non-hydrogen) atoms. The van der Waals surface area contributed by atoms with Crippen molar-refractivity contribution in [1.29, 1.82) is 0 Å². The monoisotopic (exact) mass is 243 g/mol. The van der Waals surface area contributed by atoms with Crippen LogP contribution in [0.3, 0.4) is 0 Å². The van der Waals surface area contributed by atoms with Crippen LogP contribution in [0.2, 0.25) is 0 Å². The molecule has 1 N–H and O–H groups in total. The van der Waals surface area contributed by atoms with Crippen LogP contribution in [-0.4, -0.2) is 26.8 Å². The van der Waals surface area contributed by atoms with E-state index < -0.39 is 17.7 Å². The highest BCUT2D eigenvalue weighted by Crippen LogP contribution is 2.24. The predicted molar refractivity (Wildman–Crippen MR) is 58.6 cm³/mol. The highest BCUT2D eigenvalue weighted by Gasteiger charge is 2.21. The van der Waals surface area contributed by atoms with E-state index in [2.05, 4.69) is 5.32 Å². The number of morpholine rings is 1. The molecule has 1 aliphatic heterocycles. The molecule has 0 aromatic heterocycles. The van der Waals surface area contributed by atoms with Crippen molar-refractivity contribution in [2.24, 2.45) is 0 Å². The lowest BCUT2D eigenvalue weighted by atomic mass is 10.0. The molecule has 1 atom stereocenters. The third-order valence-corrected chi connectivity index (χ3v) is 2.74. The van der Waals surface area contributed by atoms with Crippen molar-refractivity contribution in [3.05, 3.63) is 34.9 Å². The maximum absolute atomic E-state index is 13.8. The molecule has 1 heterocycles. The van der Waals surface area contributed by atoms with Crippen molar-refractivity contribution in [3.63, 3.8) is 0 Å². The molecule has 0 amide bonds. The van der Waals surface area contributed by atoms with Crippen molar-refractivity contribution in [2.45, 2.75) is 12.7 Å². The molecule has 94 valence electrons. The lowest BCUT2D eigenvalue weighted by Gasteiger charge is -2.24. The number of methoxy groups -OCH3 is 1. The van der Waals surface area contributed by atoms with Gasteiger partial charge in [-0.1, -0.05) is 0 Å². The topological polar surface area (TPSA) is 30.5 Å². The summed E-state index contributed by atoms with van der Waals surface area (Å²) in [5.74, 6) is -0.912. The van der Waals surface area contributed by atoms with Crippen LogP contribution in [0.1, 0.15) is 17.2 Å². The molecule has 0 spiro atoms. The minimum atomic E-state index is -0.461. The Bertz CT molecular complexity index is 392. The minimum Gasteiger partial charge on any atom is -0.380 e. The zero-order valence-corrected chi connectivity index (χ0v) is 9.63. The zero-order valence-electron chi connectivity index (χ0n) is 9.63. The summed E-state index contributed by atoms with van der Waals surface area (Å²) in [6.07, 6.45) is -0.421. The van der Waals surface area contributed by atoms with Crippen LogP contribution in [0.15, 0.2) is 12.1 Å². The molecule has 5 heteroatoms. The van der Waals surface area contributed by atoms with Crippen LogP contribution in [0.4, 0.5) is 8.78 Å². The van der Waals surface area contributed by atoms with Crippen LogP contribution in [0.5, 0.6) is 0 Å². The number of benzene rings is 1. The number of nitrogens with one attached hydrogen (secondary N) is 1. The Morgan fingerprint density at radius 3 is 2.88 bits per heavy atom. The molecule has 1 unspecified atom stereocenters. The molecular formula is C12H15F2NO2. The Kier molecular flexibility index (Phi) is 4.04. The van der Waals surface area contributed by atoms with E-state index in [9.17, 15) is 8.78 Å². The van der Waals surface area contributed by atoms with Crippen molar-refractivity contribution >= 4 is 0 Å². The minimum absolute atomic E-state index is 0.0623. The van der Waals surface area contributed by atoms with Gasteiger partial charge in [-0.2, -0.15) is 0 Å². The van der Waals surface area contributed by atoms with E-state index in [1.54, 1.807) is 0 Å². The maximum Gasteiger partial charge on any atom is 0.129 e. The van der Waals surface area contributed by atoms with Gasteiger partial charge in [-0.05, 0) is 12.1 Å². The Labute approximate surface area is 98.7 Å². The number of rotatable bonds is 3. The normalized spacial score (nSPS) is 20.5. The van der Waals surface area contributed by atoms with E-state index >= 15 is 0 Å². The largest absolute Gasteiger partial charge is 0.380 e. The quantitative estimate of drug-likeness (QED) is 0.877. The summed E-state index contributed by atoms with van der Waals surface area (Å²) in [7, 11) is 1.44. The molecule has 0 radical (unpaired) electrons. The second-order valence-electron chi connectivity index (χ2n) is 3.96. The van der Waals surface area contributed by atoms with Gasteiger partial charge in [0.1, 0.15) is 11.6 Å². The van der Waals surface area contributed by atoms with Crippen LogP contribution in [0.25, 0.3) is 0 Å². The summed E-state index contributed by atoms with van der Waals surface area (Å²) in [5, 5.41) is 3.08. The molecule has 2 rings (SSSR count). The van der Waals surface area contributed by atoms with E-state index in [1.165, 1.54) is 19.2 Å². The van der Waals surface area contributed by atoms with Gasteiger partial charge < -0.3 is 14.8 Å². The Morgan fingerprint density at radius 1 is 1.41 bits per heavy atom. The first-order chi connectivity index (χ1) is 8.22. The first kappa shape index (κ1) is 12.4. The molecule has 1 saturated heterocycles. The predicted octanol–water partition coefficient (Wildman–Crippen LogP) is 1.77. The van der Waals surface area contributed by atoms with Gasteiger partial charge in [0.05, 0.1) is 19.3 Å². The van der Waals surface area contributed by atoms with Crippen LogP contribution in [0, 0.1) is 11.6 Å². The third kappa shape index (κ3) is 2.80. The van der Waals surface area contributed by atoms with Gasteiger partial charge in [-0.15, -0.1) is 0 Å². The van der Waals surface area contributed by atoms with Gasteiger partial charge in [0, 0.05) is 31.3 Å². The molecule has 0 aliphatic carbocycles. The zero-order chi connectivity index (χ0) is 12.3. The summed E-state index contributed by atoms with van der Waals surface area (Å²) in [6, 6.07) is 2.37. The number of ether oxygens (including phenoxy) is 2. The van der Waals surface area contributed by atoms with Gasteiger partial charge in [-0.25, -0.2) is 8.78 Å². The van der Waals surface area contributed by atoms with Crippen molar-refractivity contribution in [2.75, 3.05) is 26.8 Å². The standard InChI is InChI=1S/C12H15F2NO2/c1-16-7-8-4-11(14)9(5-10(8)13)12-6-15-2-3-17-12/h4-5,12,15H,2-3,6-7H2,1H3. The molecule has 3 nitrogen and oxygen atoms in total. The maximum atomic E-state index is 13.8. The molecule has 0 bridgehead atoms. The van der Waals surface area contributed by atoms with E-state index in [4.69, 9.17) is 9.47 Å². The number of hydrogen-bond acceptors (Lipinski definition) is 3. The van der Waals surface area contributed by atoms with E-state index in [-0.39, 0.29) is 17.7 Å². The fraction of sp³-hybridized carbons (Fsp3) is 0.500. The van der Waals surface area contributed by atoms with Gasteiger partial charge in [0.2, 0.25) is 0 Å². The van der Waals surface area contributed by atoms with Crippen LogP contribution >= 0.6 is 0 Å². The van der Waals surface area contributed by atoms with Gasteiger partial charge in [-0.3, -0.25) is 0 Å². The lowest BCUT2D eigenvalue weighted by molar-refractivity contribution is 0.0252. The Balaban J connectivity index is 2.25. The highest BCUT2D eigenvalue weighted by atomic mass is 19.1. The first-order valence-corrected chi connectivity index (χ1v) is 5.51. The molecule has 0 saturated carbocycles. The average Bonchev–Trinajstić information content (AvgIpc) is 2.35. The van der Waals surface area contributed by atoms with E-state index in [1.807, 2.05) is 0 Å². The number of hydrogen-bond donors (Lipinski definition) is 1. The molecular weight excluding hydrogens is 228 g/mol. The average molecular weight is 243 g/mol. The molecule has 1 aliphatic rings. The van der Waals surface area contributed by atoms with Gasteiger partial charge >= 0.3 is 0 Å². The van der Waals surface area contributed by atoms with Gasteiger partial charge in [0.15, 0.2) is 0 Å². The van der Waals surface area contributed by atoms with Crippen molar-refractivity contribution in [3.8, 4) is 0 Å². The summed E-state index contributed by atoms with van der Waals surface area (Å²) < 4.78 is 37.7. The van der Waals surface area contributed by atoms with E-state index in [0.29, 0.717) is 13.2 Å². The molecule has 1 aromatic carbocycles. The van der Waals surface area contributed by atoms with Crippen LogP contribution in [-0.2, 0) is 16.1 Å². The Hall–Kier alpha value is -1.04. The fourth-order valence-electron chi connectivity index (χ4n) is 1.88. The van der Waals surface area contributed by atoms with Gasteiger partial charge in [0.25, 0.3) is 0 Å². The Morgan fingerprint density at radius 2 is 2.24 bits per heavy atom. The second-order valence-corrected chi connectivity index (χ2v) is 3.96. The molecule has 1 fully saturated rings. The van der Waals surface area contributed by atoms with Crippen LogP contribution < -0.4 is 5.32 Å². The summed E-state index contributed by atoms with van der Waals surface area (Å²) in [5.41, 5.74) is 0.479. The highest BCUT2D eigenvalue weighted by molar-refractivity contribution is 5.28. The fourth-order valence-corrected chi connectivity index (χ4v) is 1.88. The van der Waals surface area contributed by atoms with Crippen molar-refractivity contribution in [1.82, 2.24) is 5.32 Å². The third-order valence-electron chi connectivity index (χ3n) is 2.74. The smallest absolute Gasteiger partial charge is 0.129 e. The summed E-state index contributed by atoms with van der Waals surface area (Å²) in [4.78, 5) is 0. The second kappa shape index (κ2) is 5.53. The summed E-state index contributed by atoms with van der Waals surface area (Å²) in [6.45, 7) is 1.81. The SMILES string of the molecule is COCc1cc(F)c(C2CNCCO2)cc1F. The first-order valence-electron chi connectivity index (χ1n) is 5.51. The lowest BCUT2D eigenvalue weighted by Crippen LogP contribution is -2.33. The number of halogens is 2. The van der Waals surface area contributed by atoms with Crippen molar-refractivity contribution < 1.29 is 18.3 Å². The van der Waals surface area contributed by atoms with E-state index in [0.717, 1.165) is 6.54 Å². The molecule has 1 aromatic rings. The summed E-state index contributed by atoms with van der Waals surface area (Å²) >= 11 is 0.